The molecule has 2 amide bonds. The number of para-hydroxylation sites is 1. The molecule has 1 aromatic carbocycles. The molecule has 1 N–H and O–H groups in total. The molecular weight excluding hydrogens is 356 g/mol. The summed E-state index contributed by atoms with van der Waals surface area (Å²) in [4.78, 5) is 32.0. The normalized spacial score (nSPS) is 13.8. The van der Waals surface area contributed by atoms with Crippen LogP contribution in [0.25, 0.3) is 0 Å². The molecule has 2 aromatic rings. The Morgan fingerprint density at radius 2 is 1.93 bits per heavy atom. The van der Waals surface area contributed by atoms with Crippen LogP contribution in [0.3, 0.4) is 0 Å². The van der Waals surface area contributed by atoms with Crippen molar-refractivity contribution in [2.45, 2.75) is 6.92 Å². The molecule has 0 aliphatic carbocycles. The lowest BCUT2D eigenvalue weighted by Crippen LogP contribution is -2.48. The summed E-state index contributed by atoms with van der Waals surface area (Å²) < 4.78 is 5.55. The molecule has 1 aliphatic rings. The van der Waals surface area contributed by atoms with Gasteiger partial charge in [-0.05, 0) is 36.8 Å². The highest BCUT2D eigenvalue weighted by Gasteiger charge is 2.20. The van der Waals surface area contributed by atoms with Gasteiger partial charge in [0, 0.05) is 26.2 Å². The van der Waals surface area contributed by atoms with Gasteiger partial charge in [0.15, 0.2) is 6.61 Å². The van der Waals surface area contributed by atoms with Crippen molar-refractivity contribution in [2.75, 3.05) is 43.0 Å². The molecule has 0 radical (unpaired) electrons. The molecule has 3 rings (SSSR count). The zero-order valence-electron chi connectivity index (χ0n) is 15.9. The number of nitrogens with zero attached hydrogens (tertiary/aromatic N) is 3. The second-order valence-electron chi connectivity index (χ2n) is 6.52. The molecule has 0 spiro atoms. The van der Waals surface area contributed by atoms with Gasteiger partial charge in [0.05, 0.1) is 11.9 Å². The Morgan fingerprint density at radius 1 is 1.18 bits per heavy atom. The number of carbonyl (C=O) groups is 2. The van der Waals surface area contributed by atoms with Crippen molar-refractivity contribution in [1.82, 2.24) is 9.88 Å². The minimum atomic E-state index is -0.241. The first-order valence-electron chi connectivity index (χ1n) is 9.17. The highest BCUT2D eigenvalue weighted by Crippen LogP contribution is 2.18. The van der Waals surface area contributed by atoms with Gasteiger partial charge in [-0.25, -0.2) is 4.98 Å². The Morgan fingerprint density at radius 3 is 2.57 bits per heavy atom. The maximum Gasteiger partial charge on any atom is 0.262 e. The van der Waals surface area contributed by atoms with Crippen molar-refractivity contribution in [2.24, 2.45) is 0 Å². The van der Waals surface area contributed by atoms with Crippen LogP contribution in [0.4, 0.5) is 11.5 Å². The third-order valence-corrected chi connectivity index (χ3v) is 4.57. The number of anilines is 2. The predicted molar refractivity (Wildman–Crippen MR) is 109 cm³/mol. The number of benzene rings is 1. The van der Waals surface area contributed by atoms with E-state index in [1.54, 1.807) is 11.1 Å². The van der Waals surface area contributed by atoms with E-state index >= 15 is 0 Å². The van der Waals surface area contributed by atoms with E-state index in [1.807, 2.05) is 43.3 Å². The molecule has 7 nitrogen and oxygen atoms in total. The topological polar surface area (TPSA) is 74.8 Å². The van der Waals surface area contributed by atoms with Gasteiger partial charge in [-0.1, -0.05) is 24.8 Å². The Kier molecular flexibility index (Phi) is 6.26. The third-order valence-electron chi connectivity index (χ3n) is 4.57. The number of nitrogens with one attached hydrogen (secondary N) is 1. The van der Waals surface area contributed by atoms with Crippen LogP contribution in [0, 0.1) is 6.92 Å². The van der Waals surface area contributed by atoms with Crippen LogP contribution in [-0.4, -0.2) is 54.5 Å². The van der Waals surface area contributed by atoms with Crippen molar-refractivity contribution in [3.63, 3.8) is 0 Å². The average molecular weight is 380 g/mol. The van der Waals surface area contributed by atoms with Gasteiger partial charge in [0.1, 0.15) is 11.6 Å². The van der Waals surface area contributed by atoms with E-state index in [-0.39, 0.29) is 18.4 Å². The molecule has 0 bridgehead atoms. The SMILES string of the molecule is C=CC(=O)N1CCN(c2ccc(NC(=O)COc3ccccc3C)cn2)CC1. The number of hydrogen-bond donors (Lipinski definition) is 1. The van der Waals surface area contributed by atoms with Crippen LogP contribution in [0.15, 0.2) is 55.3 Å². The van der Waals surface area contributed by atoms with Crippen molar-refractivity contribution in [1.29, 1.82) is 0 Å². The van der Waals surface area contributed by atoms with E-state index in [2.05, 4.69) is 21.8 Å². The number of rotatable bonds is 6. The summed E-state index contributed by atoms with van der Waals surface area (Å²) >= 11 is 0. The van der Waals surface area contributed by atoms with Crippen molar-refractivity contribution in [3.8, 4) is 5.75 Å². The molecule has 28 heavy (non-hydrogen) atoms. The number of amides is 2. The maximum absolute atomic E-state index is 12.1. The highest BCUT2D eigenvalue weighted by atomic mass is 16.5. The van der Waals surface area contributed by atoms with Crippen LogP contribution >= 0.6 is 0 Å². The Labute approximate surface area is 164 Å². The summed E-state index contributed by atoms with van der Waals surface area (Å²) in [7, 11) is 0. The second-order valence-corrected chi connectivity index (χ2v) is 6.52. The average Bonchev–Trinajstić information content (AvgIpc) is 2.73. The first kappa shape index (κ1) is 19.4. The largest absolute Gasteiger partial charge is 0.483 e. The molecule has 0 unspecified atom stereocenters. The first-order valence-corrected chi connectivity index (χ1v) is 9.17. The summed E-state index contributed by atoms with van der Waals surface area (Å²) in [6, 6.07) is 11.2. The molecule has 1 aromatic heterocycles. The fraction of sp³-hybridized carbons (Fsp3) is 0.286. The van der Waals surface area contributed by atoms with Gasteiger partial charge in [-0.3, -0.25) is 9.59 Å². The van der Waals surface area contributed by atoms with Gasteiger partial charge in [-0.15, -0.1) is 0 Å². The highest BCUT2D eigenvalue weighted by molar-refractivity contribution is 5.91. The Hall–Kier alpha value is -3.35. The number of ether oxygens (including phenoxy) is 1. The smallest absolute Gasteiger partial charge is 0.262 e. The van der Waals surface area contributed by atoms with Crippen molar-refractivity contribution >= 4 is 23.3 Å². The number of hydrogen-bond acceptors (Lipinski definition) is 5. The number of carbonyl (C=O) groups excluding carboxylic acids is 2. The second kappa shape index (κ2) is 9.03. The quantitative estimate of drug-likeness (QED) is 0.778. The molecule has 0 saturated carbocycles. The summed E-state index contributed by atoms with van der Waals surface area (Å²) in [6.45, 7) is 8.09. The summed E-state index contributed by atoms with van der Waals surface area (Å²) in [5, 5.41) is 2.78. The van der Waals surface area contributed by atoms with Crippen molar-refractivity contribution in [3.05, 3.63) is 60.8 Å². The lowest BCUT2D eigenvalue weighted by Gasteiger charge is -2.34. The zero-order chi connectivity index (χ0) is 19.9. The summed E-state index contributed by atoms with van der Waals surface area (Å²) in [5.41, 5.74) is 1.60. The fourth-order valence-corrected chi connectivity index (χ4v) is 2.99. The number of pyridine rings is 1. The van der Waals surface area contributed by atoms with Gasteiger partial charge < -0.3 is 19.9 Å². The van der Waals surface area contributed by atoms with E-state index < -0.39 is 0 Å². The molecule has 0 atom stereocenters. The zero-order valence-corrected chi connectivity index (χ0v) is 15.9. The third kappa shape index (κ3) is 4.88. The monoisotopic (exact) mass is 380 g/mol. The summed E-state index contributed by atoms with van der Waals surface area (Å²) in [6.07, 6.45) is 2.97. The Balaban J connectivity index is 1.49. The lowest BCUT2D eigenvalue weighted by molar-refractivity contribution is -0.126. The number of piperazine rings is 1. The molecule has 1 aliphatic heterocycles. The molecule has 1 fully saturated rings. The maximum atomic E-state index is 12.1. The number of aryl methyl sites for hydroxylation is 1. The Bertz CT molecular complexity index is 843. The van der Waals surface area contributed by atoms with Gasteiger partial charge in [0.25, 0.3) is 5.91 Å². The van der Waals surface area contributed by atoms with Crippen LogP contribution in [-0.2, 0) is 9.59 Å². The molecular formula is C21H24N4O3. The van der Waals surface area contributed by atoms with Gasteiger partial charge >= 0.3 is 0 Å². The predicted octanol–water partition coefficient (Wildman–Crippen LogP) is 2.24. The molecule has 1 saturated heterocycles. The van der Waals surface area contributed by atoms with Gasteiger partial charge in [0.2, 0.25) is 5.91 Å². The van der Waals surface area contributed by atoms with E-state index in [0.29, 0.717) is 37.6 Å². The molecule has 146 valence electrons. The van der Waals surface area contributed by atoms with E-state index in [4.69, 9.17) is 4.74 Å². The van der Waals surface area contributed by atoms with Crippen molar-refractivity contribution < 1.29 is 14.3 Å². The van der Waals surface area contributed by atoms with Crippen LogP contribution < -0.4 is 15.0 Å². The van der Waals surface area contributed by atoms with Crippen LogP contribution in [0.1, 0.15) is 5.56 Å². The van der Waals surface area contributed by atoms with E-state index in [0.717, 1.165) is 11.4 Å². The fourth-order valence-electron chi connectivity index (χ4n) is 2.99. The first-order chi connectivity index (χ1) is 13.6. The molecule has 2 heterocycles. The number of aromatic nitrogens is 1. The lowest BCUT2D eigenvalue weighted by atomic mass is 10.2. The van der Waals surface area contributed by atoms with E-state index in [1.165, 1.54) is 6.08 Å². The minimum Gasteiger partial charge on any atom is -0.483 e. The minimum absolute atomic E-state index is 0.0430. The van der Waals surface area contributed by atoms with Crippen LogP contribution in [0.5, 0.6) is 5.75 Å². The van der Waals surface area contributed by atoms with Gasteiger partial charge in [-0.2, -0.15) is 0 Å². The standard InChI is InChI=1S/C21H24N4O3/c1-3-21(27)25-12-10-24(11-13-25)19-9-8-17(14-22-19)23-20(26)15-28-18-7-5-4-6-16(18)2/h3-9,14H,1,10-13,15H2,2H3,(H,23,26). The van der Waals surface area contributed by atoms with E-state index in [9.17, 15) is 9.59 Å². The summed E-state index contributed by atoms with van der Waals surface area (Å²) in [5.74, 6) is 1.23. The van der Waals surface area contributed by atoms with Crippen LogP contribution in [0.2, 0.25) is 0 Å². The molecule has 7 heteroatoms.